The first-order chi connectivity index (χ1) is 4.31. The molecule has 0 heterocycles. The van der Waals surface area contributed by atoms with Crippen molar-refractivity contribution in [2.45, 2.75) is 39.5 Å². The summed E-state index contributed by atoms with van der Waals surface area (Å²) in [6, 6.07) is 0. The number of rotatable bonds is 5. The lowest BCUT2D eigenvalue weighted by Crippen LogP contribution is -1.94. The van der Waals surface area contributed by atoms with Crippen molar-refractivity contribution in [1.82, 2.24) is 0 Å². The van der Waals surface area contributed by atoms with Crippen LogP contribution in [0.2, 0.25) is 0 Å². The monoisotopic (exact) mass is 129 g/mol. The average Bonchev–Trinajstić information content (AvgIpc) is 1.85. The first-order valence-corrected chi connectivity index (χ1v) is 3.89. The highest BCUT2D eigenvalue weighted by Gasteiger charge is 1.98. The van der Waals surface area contributed by atoms with Gasteiger partial charge in [0.1, 0.15) is 0 Å². The van der Waals surface area contributed by atoms with Gasteiger partial charge in [0.2, 0.25) is 0 Å². The zero-order valence-corrected chi connectivity index (χ0v) is 6.52. The van der Waals surface area contributed by atoms with Crippen LogP contribution in [0.25, 0.3) is 0 Å². The Labute approximate surface area is 58.1 Å². The maximum absolute atomic E-state index is 10.0. The van der Waals surface area contributed by atoms with E-state index < -0.39 is 0 Å². The first kappa shape index (κ1) is 8.96. The van der Waals surface area contributed by atoms with E-state index in [1.165, 1.54) is 12.8 Å². The maximum atomic E-state index is 10.0. The lowest BCUT2D eigenvalue weighted by atomic mass is 10.0. The highest BCUT2D eigenvalue weighted by molar-refractivity contribution is 4.50. The molecule has 0 amide bonds. The van der Waals surface area contributed by atoms with E-state index in [1.54, 1.807) is 0 Å². The van der Waals surface area contributed by atoms with Gasteiger partial charge in [-0.1, -0.05) is 26.7 Å². The molecule has 0 fully saturated rings. The van der Waals surface area contributed by atoms with Gasteiger partial charge >= 0.3 is 0 Å². The quantitative estimate of drug-likeness (QED) is 0.544. The van der Waals surface area contributed by atoms with Crippen molar-refractivity contribution >= 4 is 0 Å². The zero-order chi connectivity index (χ0) is 7.11. The largest absolute Gasteiger partial charge is 0.237 e. The highest BCUT2D eigenvalue weighted by atomic mass is 16.2. The maximum Gasteiger partial charge on any atom is 0.0822 e. The predicted molar refractivity (Wildman–Crippen MR) is 38.9 cm³/mol. The summed E-state index contributed by atoms with van der Waals surface area (Å²) in [4.78, 5) is 0. The van der Waals surface area contributed by atoms with E-state index in [0.29, 0.717) is 0 Å². The fourth-order valence-corrected chi connectivity index (χ4v) is 1.07. The summed E-state index contributed by atoms with van der Waals surface area (Å²) in [6.07, 6.45) is 4.51. The average molecular weight is 129 g/mol. The second-order valence-corrected chi connectivity index (χ2v) is 2.74. The van der Waals surface area contributed by atoms with Crippen LogP contribution in [-0.4, -0.2) is 6.61 Å². The molecule has 0 rings (SSSR count). The molecular weight excluding hydrogens is 112 g/mol. The van der Waals surface area contributed by atoms with Gasteiger partial charge in [-0.25, -0.2) is 5.11 Å². The molecule has 1 nitrogen and oxygen atoms in total. The zero-order valence-electron chi connectivity index (χ0n) is 6.52. The third-order valence-electron chi connectivity index (χ3n) is 1.62. The normalized spacial score (nSPS) is 13.7. The Morgan fingerprint density at radius 1 is 1.33 bits per heavy atom. The van der Waals surface area contributed by atoms with Crippen LogP contribution in [0.1, 0.15) is 39.5 Å². The molecule has 1 radical (unpaired) electrons. The van der Waals surface area contributed by atoms with Crippen molar-refractivity contribution in [3.05, 3.63) is 0 Å². The molecule has 0 saturated heterocycles. The lowest BCUT2D eigenvalue weighted by molar-refractivity contribution is 0.180. The van der Waals surface area contributed by atoms with Gasteiger partial charge in [0.25, 0.3) is 0 Å². The van der Waals surface area contributed by atoms with E-state index in [-0.39, 0.29) is 6.61 Å². The Bertz CT molecular complexity index is 52.5. The minimum absolute atomic E-state index is 0.105. The second kappa shape index (κ2) is 6.09. The van der Waals surface area contributed by atoms with E-state index in [1.807, 2.05) is 0 Å². The van der Waals surface area contributed by atoms with Crippen LogP contribution >= 0.6 is 0 Å². The molecule has 1 atom stereocenters. The Balaban J connectivity index is 2.95. The van der Waals surface area contributed by atoms with E-state index in [4.69, 9.17) is 0 Å². The van der Waals surface area contributed by atoms with E-state index in [2.05, 4.69) is 13.8 Å². The van der Waals surface area contributed by atoms with Crippen molar-refractivity contribution in [2.24, 2.45) is 5.92 Å². The standard InChI is InChI=1S/C8H17O/c1-3-5-8(2)6-4-7-9/h8H,3-7H2,1-2H3. The van der Waals surface area contributed by atoms with Gasteiger partial charge in [0.05, 0.1) is 6.61 Å². The molecule has 0 bridgehead atoms. The summed E-state index contributed by atoms with van der Waals surface area (Å²) in [5.41, 5.74) is 0. The van der Waals surface area contributed by atoms with Crippen molar-refractivity contribution in [2.75, 3.05) is 6.61 Å². The van der Waals surface area contributed by atoms with E-state index in [9.17, 15) is 5.11 Å². The topological polar surface area (TPSA) is 19.9 Å². The predicted octanol–water partition coefficient (Wildman–Crippen LogP) is 2.63. The van der Waals surface area contributed by atoms with Gasteiger partial charge in [0.15, 0.2) is 0 Å². The van der Waals surface area contributed by atoms with Crippen molar-refractivity contribution in [3.63, 3.8) is 0 Å². The van der Waals surface area contributed by atoms with Gasteiger partial charge in [0, 0.05) is 0 Å². The van der Waals surface area contributed by atoms with Crippen LogP contribution in [0.5, 0.6) is 0 Å². The van der Waals surface area contributed by atoms with Crippen molar-refractivity contribution < 1.29 is 5.11 Å². The van der Waals surface area contributed by atoms with Crippen LogP contribution < -0.4 is 0 Å². The minimum atomic E-state index is 0.105. The molecule has 0 aliphatic rings. The summed E-state index contributed by atoms with van der Waals surface area (Å²) < 4.78 is 0. The molecular formula is C8H17O. The van der Waals surface area contributed by atoms with Crippen LogP contribution in [0.3, 0.4) is 0 Å². The van der Waals surface area contributed by atoms with Gasteiger partial charge < -0.3 is 0 Å². The molecule has 0 aromatic rings. The van der Waals surface area contributed by atoms with Crippen LogP contribution in [0.15, 0.2) is 0 Å². The van der Waals surface area contributed by atoms with Crippen LogP contribution in [0, 0.1) is 5.92 Å². The molecule has 9 heavy (non-hydrogen) atoms. The van der Waals surface area contributed by atoms with Gasteiger partial charge in [-0.15, -0.1) is 0 Å². The first-order valence-electron chi connectivity index (χ1n) is 3.89. The Kier molecular flexibility index (Phi) is 6.06. The highest BCUT2D eigenvalue weighted by Crippen LogP contribution is 2.11. The molecule has 0 N–H and O–H groups in total. The summed E-state index contributed by atoms with van der Waals surface area (Å²) in [7, 11) is 0. The smallest absolute Gasteiger partial charge is 0.0822 e. The molecule has 1 unspecified atom stereocenters. The molecule has 0 aromatic heterocycles. The van der Waals surface area contributed by atoms with Crippen LogP contribution in [-0.2, 0) is 5.11 Å². The number of hydrogen-bond donors (Lipinski definition) is 0. The van der Waals surface area contributed by atoms with Gasteiger partial charge in [-0.2, -0.15) is 0 Å². The van der Waals surface area contributed by atoms with Crippen molar-refractivity contribution in [1.29, 1.82) is 0 Å². The fraction of sp³-hybridized carbons (Fsp3) is 1.00. The molecule has 55 valence electrons. The molecule has 0 aromatic carbocycles. The van der Waals surface area contributed by atoms with E-state index >= 15 is 0 Å². The SMILES string of the molecule is CCCC(C)CCC[O]. The summed E-state index contributed by atoms with van der Waals surface area (Å²) in [5, 5.41) is 10.0. The minimum Gasteiger partial charge on any atom is -0.237 e. The Hall–Kier alpha value is -0.0400. The van der Waals surface area contributed by atoms with Gasteiger partial charge in [-0.3, -0.25) is 0 Å². The summed E-state index contributed by atoms with van der Waals surface area (Å²) in [5.74, 6) is 0.768. The molecule has 0 spiro atoms. The number of hydrogen-bond acceptors (Lipinski definition) is 0. The fourth-order valence-electron chi connectivity index (χ4n) is 1.07. The summed E-state index contributed by atoms with van der Waals surface area (Å²) in [6.45, 7) is 4.51. The van der Waals surface area contributed by atoms with E-state index in [0.717, 1.165) is 18.8 Å². The third-order valence-corrected chi connectivity index (χ3v) is 1.62. The molecule has 0 aliphatic heterocycles. The third kappa shape index (κ3) is 5.84. The molecule has 0 aliphatic carbocycles. The Morgan fingerprint density at radius 3 is 2.44 bits per heavy atom. The van der Waals surface area contributed by atoms with Crippen LogP contribution in [0.4, 0.5) is 0 Å². The second-order valence-electron chi connectivity index (χ2n) is 2.74. The van der Waals surface area contributed by atoms with Crippen molar-refractivity contribution in [3.8, 4) is 0 Å². The molecule has 0 saturated carbocycles. The summed E-state index contributed by atoms with van der Waals surface area (Å²) >= 11 is 0. The Morgan fingerprint density at radius 2 is 2.00 bits per heavy atom. The lowest BCUT2D eigenvalue weighted by Gasteiger charge is -2.06. The molecule has 1 heteroatoms. The van der Waals surface area contributed by atoms with Gasteiger partial charge in [-0.05, 0) is 18.8 Å².